The van der Waals surface area contributed by atoms with Gasteiger partial charge in [-0.3, -0.25) is 0 Å². The van der Waals surface area contributed by atoms with Gasteiger partial charge in [0.2, 0.25) is 0 Å². The summed E-state index contributed by atoms with van der Waals surface area (Å²) in [6, 6.07) is 1.57. The molecule has 1 atom stereocenters. The van der Waals surface area contributed by atoms with Gasteiger partial charge in [-0.25, -0.2) is 9.78 Å². The number of halogens is 3. The number of nitrogens with zero attached hydrogens (tertiary/aromatic N) is 1. The molecule has 1 aliphatic heterocycles. The Labute approximate surface area is 112 Å². The predicted molar refractivity (Wildman–Crippen MR) is 63.6 cm³/mol. The van der Waals surface area contributed by atoms with Gasteiger partial charge in [0.15, 0.2) is 0 Å². The summed E-state index contributed by atoms with van der Waals surface area (Å²) in [6.07, 6.45) is -3.82. The van der Waals surface area contributed by atoms with Crippen molar-refractivity contribution in [2.75, 3.05) is 25.1 Å². The summed E-state index contributed by atoms with van der Waals surface area (Å²) in [5.74, 6) is -1.44. The molecule has 1 aliphatic rings. The molecule has 2 rings (SSSR count). The number of aromatic nitrogens is 1. The Morgan fingerprint density at radius 3 is 2.80 bits per heavy atom. The van der Waals surface area contributed by atoms with Gasteiger partial charge >= 0.3 is 12.1 Å². The molecule has 0 spiro atoms. The van der Waals surface area contributed by atoms with Crippen LogP contribution in [0.5, 0.6) is 0 Å². The number of nitrogens with one attached hydrogen (secondary N) is 1. The zero-order valence-electron chi connectivity index (χ0n) is 10.4. The Hall–Kier alpha value is -1.83. The molecule has 1 saturated heterocycles. The molecule has 1 aromatic rings. The van der Waals surface area contributed by atoms with Gasteiger partial charge in [-0.2, -0.15) is 13.2 Å². The number of rotatable bonds is 4. The van der Waals surface area contributed by atoms with E-state index in [4.69, 9.17) is 9.84 Å². The van der Waals surface area contributed by atoms with Gasteiger partial charge in [-0.1, -0.05) is 0 Å². The van der Waals surface area contributed by atoms with E-state index in [1.54, 1.807) is 0 Å². The number of anilines is 1. The second-order valence-electron chi connectivity index (χ2n) is 4.51. The van der Waals surface area contributed by atoms with Crippen LogP contribution in [0.1, 0.15) is 22.5 Å². The molecule has 0 radical (unpaired) electrons. The summed E-state index contributed by atoms with van der Waals surface area (Å²) < 4.78 is 42.9. The standard InChI is InChI=1S/C12H13F3N2O3/c13-12(14,15)9-2-1-8(11(18)19)10(17-9)16-5-7-3-4-20-6-7/h1-2,7H,3-6H2,(H,16,17)(H,18,19). The highest BCUT2D eigenvalue weighted by Crippen LogP contribution is 2.29. The molecule has 20 heavy (non-hydrogen) atoms. The van der Waals surface area contributed by atoms with E-state index >= 15 is 0 Å². The monoisotopic (exact) mass is 290 g/mol. The number of ether oxygens (including phenoxy) is 1. The summed E-state index contributed by atoms with van der Waals surface area (Å²) in [6.45, 7) is 1.44. The number of carbonyl (C=O) groups is 1. The van der Waals surface area contributed by atoms with Crippen molar-refractivity contribution >= 4 is 11.8 Å². The molecule has 0 amide bonds. The Bertz CT molecular complexity index is 499. The first kappa shape index (κ1) is 14.6. The van der Waals surface area contributed by atoms with Crippen LogP contribution in [0.3, 0.4) is 0 Å². The van der Waals surface area contributed by atoms with Crippen molar-refractivity contribution in [3.8, 4) is 0 Å². The summed E-state index contributed by atoms with van der Waals surface area (Å²) in [5.41, 5.74) is -1.40. The van der Waals surface area contributed by atoms with Crippen molar-refractivity contribution in [2.24, 2.45) is 5.92 Å². The second kappa shape index (κ2) is 5.66. The first-order valence-corrected chi connectivity index (χ1v) is 6.01. The lowest BCUT2D eigenvalue weighted by atomic mass is 10.1. The number of carboxylic acid groups (broad SMARTS) is 1. The third-order valence-electron chi connectivity index (χ3n) is 3.00. The quantitative estimate of drug-likeness (QED) is 0.890. The fraction of sp³-hybridized carbons (Fsp3) is 0.500. The van der Waals surface area contributed by atoms with E-state index in [-0.39, 0.29) is 17.3 Å². The van der Waals surface area contributed by atoms with E-state index in [0.29, 0.717) is 25.8 Å². The summed E-state index contributed by atoms with van der Waals surface area (Å²) >= 11 is 0. The van der Waals surface area contributed by atoms with E-state index in [1.807, 2.05) is 0 Å². The zero-order chi connectivity index (χ0) is 14.8. The van der Waals surface area contributed by atoms with E-state index in [9.17, 15) is 18.0 Å². The molecule has 1 aromatic heterocycles. The molecular formula is C12H13F3N2O3. The van der Waals surface area contributed by atoms with Crippen molar-refractivity contribution in [2.45, 2.75) is 12.6 Å². The number of pyridine rings is 1. The van der Waals surface area contributed by atoms with Gasteiger partial charge in [0.05, 0.1) is 6.61 Å². The fourth-order valence-corrected chi connectivity index (χ4v) is 1.91. The predicted octanol–water partition coefficient (Wildman–Crippen LogP) is 2.25. The zero-order valence-corrected chi connectivity index (χ0v) is 10.4. The van der Waals surface area contributed by atoms with E-state index in [2.05, 4.69) is 10.3 Å². The van der Waals surface area contributed by atoms with E-state index in [1.165, 1.54) is 0 Å². The van der Waals surface area contributed by atoms with Crippen LogP contribution in [0.4, 0.5) is 19.0 Å². The Kier molecular flexibility index (Phi) is 4.12. The van der Waals surface area contributed by atoms with Crippen LogP contribution in [0.25, 0.3) is 0 Å². The van der Waals surface area contributed by atoms with Gasteiger partial charge in [0.25, 0.3) is 0 Å². The van der Waals surface area contributed by atoms with Crippen molar-refractivity contribution in [1.29, 1.82) is 0 Å². The fourth-order valence-electron chi connectivity index (χ4n) is 1.91. The Morgan fingerprint density at radius 1 is 1.50 bits per heavy atom. The van der Waals surface area contributed by atoms with Crippen LogP contribution in [0.2, 0.25) is 0 Å². The molecule has 0 saturated carbocycles. The van der Waals surface area contributed by atoms with E-state index in [0.717, 1.165) is 12.5 Å². The molecule has 0 bridgehead atoms. The van der Waals surface area contributed by atoms with Gasteiger partial charge in [0.1, 0.15) is 17.1 Å². The Balaban J connectivity index is 2.20. The number of aromatic carboxylic acids is 1. The summed E-state index contributed by atoms with van der Waals surface area (Å²) in [5, 5.41) is 11.6. The average Bonchev–Trinajstić information content (AvgIpc) is 2.87. The number of alkyl halides is 3. The topological polar surface area (TPSA) is 71.5 Å². The molecule has 0 aliphatic carbocycles. The first-order valence-electron chi connectivity index (χ1n) is 6.01. The summed E-state index contributed by atoms with van der Waals surface area (Å²) in [4.78, 5) is 14.4. The third-order valence-corrected chi connectivity index (χ3v) is 3.00. The molecular weight excluding hydrogens is 277 g/mol. The number of hydrogen-bond acceptors (Lipinski definition) is 4. The highest BCUT2D eigenvalue weighted by atomic mass is 19.4. The van der Waals surface area contributed by atoms with Crippen molar-refractivity contribution in [3.05, 3.63) is 23.4 Å². The van der Waals surface area contributed by atoms with Crippen LogP contribution >= 0.6 is 0 Å². The average molecular weight is 290 g/mol. The lowest BCUT2D eigenvalue weighted by Crippen LogP contribution is -2.19. The highest BCUT2D eigenvalue weighted by Gasteiger charge is 2.33. The minimum Gasteiger partial charge on any atom is -0.478 e. The number of hydrogen-bond donors (Lipinski definition) is 2. The lowest BCUT2D eigenvalue weighted by Gasteiger charge is -2.14. The number of carboxylic acids is 1. The second-order valence-corrected chi connectivity index (χ2v) is 4.51. The lowest BCUT2D eigenvalue weighted by molar-refractivity contribution is -0.141. The molecule has 110 valence electrons. The van der Waals surface area contributed by atoms with Gasteiger partial charge in [-0.05, 0) is 18.6 Å². The van der Waals surface area contributed by atoms with Crippen LogP contribution in [0.15, 0.2) is 12.1 Å². The molecule has 5 nitrogen and oxygen atoms in total. The SMILES string of the molecule is O=C(O)c1ccc(C(F)(F)F)nc1NCC1CCOC1. The Morgan fingerprint density at radius 2 is 2.25 bits per heavy atom. The maximum atomic E-state index is 12.6. The largest absolute Gasteiger partial charge is 0.478 e. The van der Waals surface area contributed by atoms with Gasteiger partial charge in [0, 0.05) is 19.1 Å². The van der Waals surface area contributed by atoms with Crippen LogP contribution < -0.4 is 5.32 Å². The third kappa shape index (κ3) is 3.38. The smallest absolute Gasteiger partial charge is 0.433 e. The van der Waals surface area contributed by atoms with Crippen LogP contribution in [-0.4, -0.2) is 35.8 Å². The summed E-state index contributed by atoms with van der Waals surface area (Å²) in [7, 11) is 0. The highest BCUT2D eigenvalue weighted by molar-refractivity contribution is 5.93. The van der Waals surface area contributed by atoms with Crippen molar-refractivity contribution in [3.63, 3.8) is 0 Å². The molecule has 2 heterocycles. The van der Waals surface area contributed by atoms with Crippen LogP contribution in [0, 0.1) is 5.92 Å². The maximum absolute atomic E-state index is 12.6. The van der Waals surface area contributed by atoms with Gasteiger partial charge in [-0.15, -0.1) is 0 Å². The van der Waals surface area contributed by atoms with Gasteiger partial charge < -0.3 is 15.2 Å². The molecule has 8 heteroatoms. The minimum atomic E-state index is -4.61. The van der Waals surface area contributed by atoms with Crippen molar-refractivity contribution < 1.29 is 27.8 Å². The normalized spacial score (nSPS) is 19.1. The molecule has 0 aromatic carbocycles. The molecule has 1 unspecified atom stereocenters. The van der Waals surface area contributed by atoms with Crippen molar-refractivity contribution in [1.82, 2.24) is 4.98 Å². The van der Waals surface area contributed by atoms with Crippen LogP contribution in [-0.2, 0) is 10.9 Å². The first-order chi connectivity index (χ1) is 9.38. The molecule has 2 N–H and O–H groups in total. The van der Waals surface area contributed by atoms with E-state index < -0.39 is 17.8 Å². The maximum Gasteiger partial charge on any atom is 0.433 e. The molecule has 1 fully saturated rings. The minimum absolute atomic E-state index is 0.146.